The van der Waals surface area contributed by atoms with Gasteiger partial charge in [0, 0.05) is 31.7 Å². The van der Waals surface area contributed by atoms with Crippen LogP contribution in [0.4, 0.5) is 4.39 Å². The molecule has 2 saturated heterocycles. The standard InChI is InChI=1S/C25H27FN2O5/c1-32-20-8-3-6-18(16-20)23(29)21-22(17-5-2-7-19(26)15-17)28(25(31)24(21)30)10-4-9-27-11-13-33-14-12-27/h2-3,5-8,15-16,22,29H,4,9-14H2,1H3/b23-21+/t22-/m1/s1. The molecule has 1 N–H and O–H groups in total. The Bertz CT molecular complexity index is 1060. The number of ether oxygens (including phenoxy) is 2. The van der Waals surface area contributed by atoms with Gasteiger partial charge in [-0.1, -0.05) is 24.3 Å². The molecular formula is C25H27FN2O5. The minimum atomic E-state index is -0.878. The minimum absolute atomic E-state index is 0.0507. The highest BCUT2D eigenvalue weighted by atomic mass is 19.1. The molecule has 0 bridgehead atoms. The number of rotatable bonds is 7. The van der Waals surface area contributed by atoms with Gasteiger partial charge in [0.1, 0.15) is 17.3 Å². The molecule has 4 rings (SSSR count). The van der Waals surface area contributed by atoms with Gasteiger partial charge in [0.15, 0.2) is 0 Å². The lowest BCUT2D eigenvalue weighted by atomic mass is 9.95. The SMILES string of the molecule is COc1cccc(/C(O)=C2\C(=O)C(=O)N(CCCN3CCOCC3)[C@@H]2c2cccc(F)c2)c1. The van der Waals surface area contributed by atoms with Crippen LogP contribution in [0.5, 0.6) is 5.75 Å². The maximum atomic E-state index is 14.1. The summed E-state index contributed by atoms with van der Waals surface area (Å²) in [7, 11) is 1.50. The Morgan fingerprint density at radius 1 is 1.12 bits per heavy atom. The summed E-state index contributed by atoms with van der Waals surface area (Å²) in [6, 6.07) is 11.5. The number of nitrogens with zero attached hydrogens (tertiary/aromatic N) is 2. The number of aliphatic hydroxyl groups is 1. The molecule has 2 aliphatic heterocycles. The number of hydrogen-bond acceptors (Lipinski definition) is 6. The molecule has 1 atom stereocenters. The summed E-state index contributed by atoms with van der Waals surface area (Å²) in [5.74, 6) is -1.77. The van der Waals surface area contributed by atoms with Gasteiger partial charge >= 0.3 is 0 Å². The Labute approximate surface area is 192 Å². The highest BCUT2D eigenvalue weighted by Gasteiger charge is 2.46. The first-order valence-electron chi connectivity index (χ1n) is 11.0. The molecule has 2 aliphatic rings. The van der Waals surface area contributed by atoms with Crippen molar-refractivity contribution in [2.45, 2.75) is 12.5 Å². The van der Waals surface area contributed by atoms with E-state index in [0.717, 1.165) is 19.6 Å². The summed E-state index contributed by atoms with van der Waals surface area (Å²) < 4.78 is 24.7. The number of benzene rings is 2. The Morgan fingerprint density at radius 3 is 2.61 bits per heavy atom. The lowest BCUT2D eigenvalue weighted by molar-refractivity contribution is -0.140. The topological polar surface area (TPSA) is 79.3 Å². The average molecular weight is 454 g/mol. The second-order valence-corrected chi connectivity index (χ2v) is 8.09. The van der Waals surface area contributed by atoms with E-state index < -0.39 is 23.5 Å². The quantitative estimate of drug-likeness (QED) is 0.394. The second kappa shape index (κ2) is 10.1. The highest BCUT2D eigenvalue weighted by Crippen LogP contribution is 2.40. The Morgan fingerprint density at radius 2 is 1.88 bits per heavy atom. The van der Waals surface area contributed by atoms with E-state index >= 15 is 0 Å². The molecule has 0 unspecified atom stereocenters. The van der Waals surface area contributed by atoms with Crippen LogP contribution in [0.25, 0.3) is 5.76 Å². The zero-order valence-corrected chi connectivity index (χ0v) is 18.5. The fraction of sp³-hybridized carbons (Fsp3) is 0.360. The Kier molecular flexibility index (Phi) is 7.05. The molecule has 2 aromatic carbocycles. The van der Waals surface area contributed by atoms with Crippen molar-refractivity contribution in [1.82, 2.24) is 9.80 Å². The van der Waals surface area contributed by atoms with Crippen LogP contribution in [0.15, 0.2) is 54.1 Å². The van der Waals surface area contributed by atoms with Gasteiger partial charge in [-0.05, 0) is 36.2 Å². The monoisotopic (exact) mass is 454 g/mol. The summed E-state index contributed by atoms with van der Waals surface area (Å²) in [6.45, 7) is 4.04. The number of Topliss-reactive ketones (excluding diaryl/α,β-unsaturated/α-hetero) is 1. The molecule has 0 saturated carbocycles. The van der Waals surface area contributed by atoms with Crippen LogP contribution in [0.2, 0.25) is 0 Å². The molecule has 2 fully saturated rings. The van der Waals surface area contributed by atoms with Crippen LogP contribution < -0.4 is 4.74 Å². The summed E-state index contributed by atoms with van der Waals surface area (Å²) >= 11 is 0. The van der Waals surface area contributed by atoms with Crippen molar-refractivity contribution >= 4 is 17.4 Å². The number of methoxy groups -OCH3 is 1. The van der Waals surface area contributed by atoms with Crippen molar-refractivity contribution < 1.29 is 28.6 Å². The number of aliphatic hydroxyl groups excluding tert-OH is 1. The Balaban J connectivity index is 1.68. The first-order chi connectivity index (χ1) is 16.0. The molecule has 1 amide bonds. The summed E-state index contributed by atoms with van der Waals surface area (Å²) in [5, 5.41) is 11.1. The molecule has 33 heavy (non-hydrogen) atoms. The number of carbonyl (C=O) groups excluding carboxylic acids is 2. The highest BCUT2D eigenvalue weighted by molar-refractivity contribution is 6.46. The van der Waals surface area contributed by atoms with Gasteiger partial charge < -0.3 is 19.5 Å². The molecule has 0 aromatic heterocycles. The summed E-state index contributed by atoms with van der Waals surface area (Å²) in [5.41, 5.74) is 0.734. The third kappa shape index (κ3) is 4.91. The predicted molar refractivity (Wildman–Crippen MR) is 120 cm³/mol. The van der Waals surface area contributed by atoms with E-state index in [1.165, 1.54) is 30.2 Å². The van der Waals surface area contributed by atoms with E-state index in [0.29, 0.717) is 43.1 Å². The van der Waals surface area contributed by atoms with Crippen molar-refractivity contribution in [3.63, 3.8) is 0 Å². The molecular weight excluding hydrogens is 427 g/mol. The number of likely N-dealkylation sites (tertiary alicyclic amines) is 1. The van der Waals surface area contributed by atoms with Gasteiger partial charge in [0.2, 0.25) is 0 Å². The first kappa shape index (κ1) is 22.9. The molecule has 2 aromatic rings. The van der Waals surface area contributed by atoms with Gasteiger partial charge in [-0.15, -0.1) is 0 Å². The maximum absolute atomic E-state index is 14.1. The van der Waals surface area contributed by atoms with Crippen molar-refractivity contribution in [2.75, 3.05) is 46.5 Å². The fourth-order valence-electron chi connectivity index (χ4n) is 4.35. The van der Waals surface area contributed by atoms with E-state index in [1.807, 2.05) is 0 Å². The van der Waals surface area contributed by atoms with E-state index in [-0.39, 0.29) is 11.3 Å². The number of ketones is 1. The number of amides is 1. The van der Waals surface area contributed by atoms with Crippen LogP contribution in [0.3, 0.4) is 0 Å². The van der Waals surface area contributed by atoms with Crippen molar-refractivity contribution in [3.05, 3.63) is 71.0 Å². The minimum Gasteiger partial charge on any atom is -0.507 e. The van der Waals surface area contributed by atoms with Crippen LogP contribution in [0, 0.1) is 5.82 Å². The summed E-state index contributed by atoms with van der Waals surface area (Å²) in [6.07, 6.45) is 0.637. The summed E-state index contributed by atoms with van der Waals surface area (Å²) in [4.78, 5) is 29.7. The molecule has 0 radical (unpaired) electrons. The molecule has 2 heterocycles. The van der Waals surface area contributed by atoms with E-state index in [9.17, 15) is 19.1 Å². The fourth-order valence-corrected chi connectivity index (χ4v) is 4.35. The van der Waals surface area contributed by atoms with Crippen molar-refractivity contribution in [1.29, 1.82) is 0 Å². The average Bonchev–Trinajstić information content (AvgIpc) is 3.09. The maximum Gasteiger partial charge on any atom is 0.295 e. The number of hydrogen-bond donors (Lipinski definition) is 1. The van der Waals surface area contributed by atoms with Crippen LogP contribution >= 0.6 is 0 Å². The normalized spacial score (nSPS) is 20.9. The number of carbonyl (C=O) groups is 2. The van der Waals surface area contributed by atoms with Gasteiger partial charge in [0.05, 0.1) is 31.9 Å². The molecule has 174 valence electrons. The smallest absolute Gasteiger partial charge is 0.295 e. The zero-order valence-electron chi connectivity index (χ0n) is 18.5. The van der Waals surface area contributed by atoms with Crippen molar-refractivity contribution in [3.8, 4) is 5.75 Å². The van der Waals surface area contributed by atoms with Gasteiger partial charge in [0.25, 0.3) is 11.7 Å². The third-order valence-corrected chi connectivity index (χ3v) is 6.02. The van der Waals surface area contributed by atoms with Crippen molar-refractivity contribution in [2.24, 2.45) is 0 Å². The Hall–Kier alpha value is -3.23. The van der Waals surface area contributed by atoms with E-state index in [2.05, 4.69) is 4.90 Å². The molecule has 0 aliphatic carbocycles. The lowest BCUT2D eigenvalue weighted by Crippen LogP contribution is -2.39. The van der Waals surface area contributed by atoms with E-state index in [1.54, 1.807) is 30.3 Å². The lowest BCUT2D eigenvalue weighted by Gasteiger charge is -2.29. The van der Waals surface area contributed by atoms with Gasteiger partial charge in [-0.3, -0.25) is 14.5 Å². The van der Waals surface area contributed by atoms with Gasteiger partial charge in [-0.2, -0.15) is 0 Å². The van der Waals surface area contributed by atoms with Crippen LogP contribution in [-0.4, -0.2) is 73.1 Å². The second-order valence-electron chi connectivity index (χ2n) is 8.09. The first-order valence-corrected chi connectivity index (χ1v) is 11.0. The van der Waals surface area contributed by atoms with Crippen LogP contribution in [-0.2, 0) is 14.3 Å². The zero-order chi connectivity index (χ0) is 23.4. The molecule has 8 heteroatoms. The molecule has 7 nitrogen and oxygen atoms in total. The predicted octanol–water partition coefficient (Wildman–Crippen LogP) is 2.98. The molecule has 0 spiro atoms. The van der Waals surface area contributed by atoms with E-state index in [4.69, 9.17) is 9.47 Å². The third-order valence-electron chi connectivity index (χ3n) is 6.02. The van der Waals surface area contributed by atoms with Crippen LogP contribution in [0.1, 0.15) is 23.6 Å². The largest absolute Gasteiger partial charge is 0.507 e. The number of morpholine rings is 1. The van der Waals surface area contributed by atoms with Gasteiger partial charge in [-0.25, -0.2) is 4.39 Å². The number of halogens is 1.